The molecule has 2 rings (SSSR count). The number of aryl methyl sites for hydroxylation is 1. The smallest absolute Gasteiger partial charge is 0.136 e. The zero-order valence-electron chi connectivity index (χ0n) is 9.66. The van der Waals surface area contributed by atoms with E-state index >= 15 is 0 Å². The topological polar surface area (TPSA) is 58.1 Å². The molecule has 0 radical (unpaired) electrons. The Hall–Kier alpha value is -1.65. The Kier molecular flexibility index (Phi) is 3.03. The fourth-order valence-electron chi connectivity index (χ4n) is 1.83. The first kappa shape index (κ1) is 10.9. The van der Waals surface area contributed by atoms with Crippen LogP contribution in [-0.2, 0) is 4.79 Å². The lowest BCUT2D eigenvalue weighted by Gasteiger charge is -2.27. The first-order valence-electron chi connectivity index (χ1n) is 5.49. The van der Waals surface area contributed by atoms with Crippen molar-refractivity contribution >= 4 is 17.4 Å². The fourth-order valence-corrected chi connectivity index (χ4v) is 1.83. The minimum absolute atomic E-state index is 0.343. The van der Waals surface area contributed by atoms with Crippen molar-refractivity contribution in [2.75, 3.05) is 30.4 Å². The van der Waals surface area contributed by atoms with Gasteiger partial charge in [0.1, 0.15) is 23.2 Å². The summed E-state index contributed by atoms with van der Waals surface area (Å²) in [6, 6.07) is 1.92. The number of ketones is 1. The van der Waals surface area contributed by atoms with E-state index < -0.39 is 0 Å². The van der Waals surface area contributed by atoms with E-state index in [1.807, 2.05) is 20.0 Å². The number of nitrogens with one attached hydrogen (secondary N) is 1. The molecule has 1 saturated heterocycles. The molecule has 0 aromatic carbocycles. The molecule has 0 atom stereocenters. The van der Waals surface area contributed by atoms with E-state index in [4.69, 9.17) is 0 Å². The molecule has 1 aromatic rings. The molecule has 1 fully saturated rings. The molecule has 5 nitrogen and oxygen atoms in total. The van der Waals surface area contributed by atoms with Crippen LogP contribution in [0.4, 0.5) is 11.6 Å². The van der Waals surface area contributed by atoms with Crippen molar-refractivity contribution < 1.29 is 4.79 Å². The van der Waals surface area contributed by atoms with Gasteiger partial charge in [0.2, 0.25) is 0 Å². The molecule has 1 aliphatic rings. The van der Waals surface area contributed by atoms with Crippen molar-refractivity contribution in [3.05, 3.63) is 11.9 Å². The van der Waals surface area contributed by atoms with E-state index in [1.54, 1.807) is 0 Å². The first-order valence-corrected chi connectivity index (χ1v) is 5.49. The molecular weight excluding hydrogens is 204 g/mol. The number of rotatable bonds is 2. The van der Waals surface area contributed by atoms with Gasteiger partial charge in [-0.25, -0.2) is 9.97 Å². The van der Waals surface area contributed by atoms with Crippen LogP contribution in [0.1, 0.15) is 18.7 Å². The van der Waals surface area contributed by atoms with Gasteiger partial charge in [0.15, 0.2) is 0 Å². The van der Waals surface area contributed by atoms with E-state index in [1.165, 1.54) is 0 Å². The molecule has 16 heavy (non-hydrogen) atoms. The van der Waals surface area contributed by atoms with Crippen molar-refractivity contribution in [1.29, 1.82) is 0 Å². The highest BCUT2D eigenvalue weighted by atomic mass is 16.1. The molecule has 86 valence electrons. The van der Waals surface area contributed by atoms with Gasteiger partial charge in [-0.15, -0.1) is 0 Å². The third-order valence-corrected chi connectivity index (χ3v) is 2.73. The highest BCUT2D eigenvalue weighted by Crippen LogP contribution is 2.18. The molecule has 0 aliphatic carbocycles. The number of piperidine rings is 1. The summed E-state index contributed by atoms with van der Waals surface area (Å²) in [4.78, 5) is 21.9. The summed E-state index contributed by atoms with van der Waals surface area (Å²) in [7, 11) is 1.84. The zero-order chi connectivity index (χ0) is 11.5. The van der Waals surface area contributed by atoms with Gasteiger partial charge in [-0.3, -0.25) is 4.79 Å². The molecule has 0 unspecified atom stereocenters. The predicted molar refractivity (Wildman–Crippen MR) is 62.8 cm³/mol. The summed E-state index contributed by atoms with van der Waals surface area (Å²) in [5.74, 6) is 2.82. The second-order valence-corrected chi connectivity index (χ2v) is 3.93. The Morgan fingerprint density at radius 3 is 2.62 bits per heavy atom. The number of Topliss-reactive ketones (excluding diaryl/α,β-unsaturated/α-hetero) is 1. The number of nitrogens with zero attached hydrogens (tertiary/aromatic N) is 3. The van der Waals surface area contributed by atoms with Crippen LogP contribution in [0.3, 0.4) is 0 Å². The Morgan fingerprint density at radius 1 is 1.31 bits per heavy atom. The predicted octanol–water partition coefficient (Wildman–Crippen LogP) is 0.996. The molecule has 1 N–H and O–H groups in total. The van der Waals surface area contributed by atoms with Crippen molar-refractivity contribution in [3.63, 3.8) is 0 Å². The van der Waals surface area contributed by atoms with Crippen molar-refractivity contribution in [1.82, 2.24) is 9.97 Å². The molecule has 0 saturated carbocycles. The third kappa shape index (κ3) is 2.29. The number of hydrogen-bond donors (Lipinski definition) is 1. The van der Waals surface area contributed by atoms with E-state index in [-0.39, 0.29) is 0 Å². The first-order chi connectivity index (χ1) is 7.69. The molecule has 0 bridgehead atoms. The average Bonchev–Trinajstić information content (AvgIpc) is 2.29. The maximum Gasteiger partial charge on any atom is 0.136 e. The number of aromatic nitrogens is 2. The third-order valence-electron chi connectivity index (χ3n) is 2.73. The molecule has 0 spiro atoms. The number of anilines is 2. The average molecular weight is 220 g/mol. The SMILES string of the molecule is CNc1cc(N2CCC(=O)CC2)nc(C)n1. The molecule has 5 heteroatoms. The monoisotopic (exact) mass is 220 g/mol. The van der Waals surface area contributed by atoms with Gasteiger partial charge in [-0.2, -0.15) is 0 Å². The van der Waals surface area contributed by atoms with Crippen LogP contribution in [0.25, 0.3) is 0 Å². The summed E-state index contributed by atoms with van der Waals surface area (Å²) in [6.45, 7) is 3.40. The fraction of sp³-hybridized carbons (Fsp3) is 0.545. The van der Waals surface area contributed by atoms with Crippen LogP contribution in [0.2, 0.25) is 0 Å². The van der Waals surface area contributed by atoms with Crippen LogP contribution in [0, 0.1) is 6.92 Å². The van der Waals surface area contributed by atoms with Crippen LogP contribution >= 0.6 is 0 Å². The summed E-state index contributed by atoms with van der Waals surface area (Å²) >= 11 is 0. The highest BCUT2D eigenvalue weighted by molar-refractivity contribution is 5.80. The summed E-state index contributed by atoms with van der Waals surface area (Å²) in [6.07, 6.45) is 1.25. The van der Waals surface area contributed by atoms with Gasteiger partial charge >= 0.3 is 0 Å². The molecule has 0 amide bonds. The number of carbonyl (C=O) groups excluding carboxylic acids is 1. The summed E-state index contributed by atoms with van der Waals surface area (Å²) in [5.41, 5.74) is 0. The summed E-state index contributed by atoms with van der Waals surface area (Å²) < 4.78 is 0. The molecule has 2 heterocycles. The highest BCUT2D eigenvalue weighted by Gasteiger charge is 2.18. The Balaban J connectivity index is 2.19. The van der Waals surface area contributed by atoms with Crippen LogP contribution < -0.4 is 10.2 Å². The van der Waals surface area contributed by atoms with E-state index in [2.05, 4.69) is 20.2 Å². The number of hydrogen-bond acceptors (Lipinski definition) is 5. The van der Waals surface area contributed by atoms with Gasteiger partial charge in [0, 0.05) is 39.0 Å². The quantitative estimate of drug-likeness (QED) is 0.805. The lowest BCUT2D eigenvalue weighted by atomic mass is 10.1. The maximum atomic E-state index is 11.2. The molecule has 1 aliphatic heterocycles. The van der Waals surface area contributed by atoms with Gasteiger partial charge < -0.3 is 10.2 Å². The van der Waals surface area contributed by atoms with Crippen LogP contribution in [0.15, 0.2) is 6.07 Å². The van der Waals surface area contributed by atoms with Crippen molar-refractivity contribution in [2.24, 2.45) is 0 Å². The Labute approximate surface area is 94.9 Å². The van der Waals surface area contributed by atoms with Gasteiger partial charge in [0.05, 0.1) is 0 Å². The van der Waals surface area contributed by atoms with E-state index in [0.29, 0.717) is 18.6 Å². The van der Waals surface area contributed by atoms with Crippen LogP contribution in [-0.4, -0.2) is 35.9 Å². The Morgan fingerprint density at radius 2 is 2.00 bits per heavy atom. The van der Waals surface area contributed by atoms with Crippen LogP contribution in [0.5, 0.6) is 0 Å². The Bertz CT molecular complexity index is 395. The summed E-state index contributed by atoms with van der Waals surface area (Å²) in [5, 5.41) is 3.01. The second-order valence-electron chi connectivity index (χ2n) is 3.93. The largest absolute Gasteiger partial charge is 0.373 e. The van der Waals surface area contributed by atoms with E-state index in [0.717, 1.165) is 30.5 Å². The lowest BCUT2D eigenvalue weighted by Crippen LogP contribution is -2.34. The minimum atomic E-state index is 0.343. The minimum Gasteiger partial charge on any atom is -0.373 e. The standard InChI is InChI=1S/C11H16N4O/c1-8-13-10(12-2)7-11(14-8)15-5-3-9(16)4-6-15/h7H,3-6H2,1-2H3,(H,12,13,14). The van der Waals surface area contributed by atoms with Crippen molar-refractivity contribution in [3.8, 4) is 0 Å². The maximum absolute atomic E-state index is 11.2. The number of carbonyl (C=O) groups is 1. The lowest BCUT2D eigenvalue weighted by molar-refractivity contribution is -0.119. The van der Waals surface area contributed by atoms with Gasteiger partial charge in [-0.1, -0.05) is 0 Å². The second kappa shape index (κ2) is 4.47. The molecule has 1 aromatic heterocycles. The van der Waals surface area contributed by atoms with E-state index in [9.17, 15) is 4.79 Å². The van der Waals surface area contributed by atoms with Gasteiger partial charge in [0.25, 0.3) is 0 Å². The molecular formula is C11H16N4O. The van der Waals surface area contributed by atoms with Gasteiger partial charge in [-0.05, 0) is 6.92 Å². The normalized spacial score (nSPS) is 16.4. The van der Waals surface area contributed by atoms with Crippen molar-refractivity contribution in [2.45, 2.75) is 19.8 Å². The zero-order valence-corrected chi connectivity index (χ0v) is 9.66.